The molecule has 10 nitrogen and oxygen atoms in total. The lowest BCUT2D eigenvalue weighted by atomic mass is 9.73. The zero-order valence-electron chi connectivity index (χ0n) is 20.4. The minimum Gasteiger partial charge on any atom is -0.507 e. The first-order valence-corrected chi connectivity index (χ1v) is 12.2. The molecule has 5 atom stereocenters. The molecule has 2 aliphatic carbocycles. The maximum absolute atomic E-state index is 13.6. The smallest absolute Gasteiger partial charge is 0.202 e. The van der Waals surface area contributed by atoms with Crippen LogP contribution in [0.2, 0.25) is 0 Å². The molecule has 5 rings (SSSR count). The van der Waals surface area contributed by atoms with Crippen LogP contribution in [0.4, 0.5) is 0 Å². The highest BCUT2D eigenvalue weighted by atomic mass is 16.7. The topological polar surface area (TPSA) is 160 Å². The maximum Gasteiger partial charge on any atom is 0.202 e. The van der Waals surface area contributed by atoms with Crippen molar-refractivity contribution in [3.05, 3.63) is 51.6 Å². The Kier molecular flexibility index (Phi) is 6.53. The van der Waals surface area contributed by atoms with Gasteiger partial charge < -0.3 is 34.6 Å². The molecule has 1 aliphatic heterocycles. The van der Waals surface area contributed by atoms with Crippen molar-refractivity contribution in [3.63, 3.8) is 0 Å². The van der Waals surface area contributed by atoms with Crippen LogP contribution in [0.25, 0.3) is 0 Å². The van der Waals surface area contributed by atoms with Gasteiger partial charge in [0.15, 0.2) is 17.9 Å². The van der Waals surface area contributed by atoms with Gasteiger partial charge >= 0.3 is 0 Å². The summed E-state index contributed by atoms with van der Waals surface area (Å²) in [5, 5.41) is 42.2. The van der Waals surface area contributed by atoms with Gasteiger partial charge in [0.25, 0.3) is 0 Å². The van der Waals surface area contributed by atoms with E-state index in [-0.39, 0.29) is 52.0 Å². The van der Waals surface area contributed by atoms with E-state index in [0.29, 0.717) is 12.8 Å². The first-order chi connectivity index (χ1) is 17.7. The fourth-order valence-corrected chi connectivity index (χ4v) is 5.60. The van der Waals surface area contributed by atoms with Gasteiger partial charge in [-0.25, -0.2) is 0 Å². The number of Topliss-reactive ketones (excluding diaryl/α,β-unsaturated/α-hetero) is 1. The number of phenolic OH excluding ortho intramolecular Hbond substituents is 2. The van der Waals surface area contributed by atoms with E-state index in [2.05, 4.69) is 0 Å². The fraction of sp³-hybridized carbons (Fsp3) is 0.444. The van der Waals surface area contributed by atoms with Crippen LogP contribution < -0.4 is 4.74 Å². The monoisotopic (exact) mass is 512 g/mol. The summed E-state index contributed by atoms with van der Waals surface area (Å²) >= 11 is 0. The molecule has 0 aromatic heterocycles. The van der Waals surface area contributed by atoms with E-state index in [4.69, 9.17) is 14.2 Å². The van der Waals surface area contributed by atoms with Gasteiger partial charge in [-0.05, 0) is 32.3 Å². The van der Waals surface area contributed by atoms with Gasteiger partial charge in [-0.1, -0.05) is 12.1 Å². The summed E-state index contributed by atoms with van der Waals surface area (Å²) in [7, 11) is 1.36. The molecular formula is C27H28O10. The summed E-state index contributed by atoms with van der Waals surface area (Å²) in [5.41, 5.74) is -0.482. The number of carbonyl (C=O) groups excluding carboxylic acids is 3. The van der Waals surface area contributed by atoms with E-state index in [9.17, 15) is 34.8 Å². The average molecular weight is 513 g/mol. The lowest BCUT2D eigenvalue weighted by Crippen LogP contribution is -2.39. The van der Waals surface area contributed by atoms with Crippen molar-refractivity contribution in [1.82, 2.24) is 0 Å². The molecule has 1 fully saturated rings. The molecule has 2 aromatic carbocycles. The summed E-state index contributed by atoms with van der Waals surface area (Å²) < 4.78 is 17.2. The molecule has 0 amide bonds. The third kappa shape index (κ3) is 4.00. The molecule has 2 unspecified atom stereocenters. The van der Waals surface area contributed by atoms with Crippen LogP contribution in [0.1, 0.15) is 75.3 Å². The predicted octanol–water partition coefficient (Wildman–Crippen LogP) is 1.95. The molecule has 196 valence electrons. The van der Waals surface area contributed by atoms with E-state index in [1.54, 1.807) is 13.0 Å². The molecule has 1 saturated heterocycles. The largest absolute Gasteiger partial charge is 0.507 e. The van der Waals surface area contributed by atoms with Gasteiger partial charge in [0.05, 0.1) is 42.1 Å². The minimum absolute atomic E-state index is 0.0165. The van der Waals surface area contributed by atoms with E-state index in [1.807, 2.05) is 0 Å². The quantitative estimate of drug-likeness (QED) is 0.372. The third-order valence-electron chi connectivity index (χ3n) is 7.57. The Morgan fingerprint density at radius 2 is 1.81 bits per heavy atom. The highest BCUT2D eigenvalue weighted by Crippen LogP contribution is 2.51. The van der Waals surface area contributed by atoms with Gasteiger partial charge in [-0.15, -0.1) is 0 Å². The van der Waals surface area contributed by atoms with Crippen molar-refractivity contribution in [2.45, 2.75) is 57.2 Å². The van der Waals surface area contributed by atoms with Crippen molar-refractivity contribution in [2.75, 3.05) is 13.7 Å². The van der Waals surface area contributed by atoms with Crippen LogP contribution in [0.3, 0.4) is 0 Å². The molecule has 0 spiro atoms. The third-order valence-corrected chi connectivity index (χ3v) is 7.57. The molecule has 2 aromatic rings. The zero-order chi connectivity index (χ0) is 26.6. The van der Waals surface area contributed by atoms with Crippen LogP contribution in [0, 0.1) is 5.92 Å². The number of benzene rings is 2. The second-order valence-electron chi connectivity index (χ2n) is 9.68. The highest BCUT2D eigenvalue weighted by Gasteiger charge is 2.44. The van der Waals surface area contributed by atoms with Crippen LogP contribution in [0.15, 0.2) is 18.2 Å². The number of aliphatic hydroxyl groups excluding tert-OH is 2. The van der Waals surface area contributed by atoms with E-state index >= 15 is 0 Å². The highest BCUT2D eigenvalue weighted by molar-refractivity contribution is 6.31. The number of hydrogen-bond donors (Lipinski definition) is 4. The molecule has 0 radical (unpaired) electrons. The molecule has 1 heterocycles. The summed E-state index contributed by atoms with van der Waals surface area (Å²) in [4.78, 5) is 39.6. The molecule has 10 heteroatoms. The second kappa shape index (κ2) is 9.53. The number of aromatic hydroxyl groups is 2. The van der Waals surface area contributed by atoms with Crippen LogP contribution in [-0.4, -0.2) is 70.0 Å². The Bertz CT molecular complexity index is 1300. The van der Waals surface area contributed by atoms with Crippen LogP contribution >= 0.6 is 0 Å². The summed E-state index contributed by atoms with van der Waals surface area (Å²) in [6.07, 6.45) is -2.20. The first-order valence-electron chi connectivity index (χ1n) is 12.2. The number of carbonyl (C=O) groups is 3. The van der Waals surface area contributed by atoms with Crippen molar-refractivity contribution >= 4 is 17.3 Å². The Balaban J connectivity index is 1.66. The number of ether oxygens (including phenoxy) is 3. The number of rotatable bonds is 5. The number of hydrogen-bond acceptors (Lipinski definition) is 10. The molecule has 4 N–H and O–H groups in total. The van der Waals surface area contributed by atoms with Crippen molar-refractivity contribution in [3.8, 4) is 17.2 Å². The van der Waals surface area contributed by atoms with Gasteiger partial charge in [0.2, 0.25) is 5.78 Å². The summed E-state index contributed by atoms with van der Waals surface area (Å²) in [6, 6.07) is 4.51. The molecule has 37 heavy (non-hydrogen) atoms. The standard InChI is InChI=1S/C27H28O10/c1-11-15(29)6-7-19(36-11)37-18-9-12(16(30)10-28)8-14-21(18)27(34)23-22(25(14)32)24(31)13-4-3-5-17(35-2)20(13)26(23)33/h3-5,11-12,15,18-19,28-29,32,34H,6-10H2,1-2H3/t11-,12?,15-,18-,19?/m0/s1. The second-order valence-corrected chi connectivity index (χ2v) is 9.68. The predicted molar refractivity (Wildman–Crippen MR) is 127 cm³/mol. The number of phenols is 2. The van der Waals surface area contributed by atoms with Crippen LogP contribution in [-0.2, 0) is 20.7 Å². The zero-order valence-corrected chi connectivity index (χ0v) is 20.4. The molecular weight excluding hydrogens is 484 g/mol. The number of aliphatic hydroxyl groups is 2. The van der Waals surface area contributed by atoms with Crippen molar-refractivity contribution in [1.29, 1.82) is 0 Å². The van der Waals surface area contributed by atoms with E-state index < -0.39 is 66.0 Å². The van der Waals surface area contributed by atoms with Gasteiger partial charge in [0, 0.05) is 29.0 Å². The summed E-state index contributed by atoms with van der Waals surface area (Å²) in [6.45, 7) is 0.972. The number of fused-ring (bicyclic) bond motifs is 3. The average Bonchev–Trinajstić information content (AvgIpc) is 2.90. The first kappa shape index (κ1) is 25.3. The van der Waals surface area contributed by atoms with Gasteiger partial charge in [-0.3, -0.25) is 14.4 Å². The Morgan fingerprint density at radius 1 is 1.08 bits per heavy atom. The van der Waals surface area contributed by atoms with E-state index in [0.717, 1.165) is 0 Å². The van der Waals surface area contributed by atoms with Gasteiger partial charge in [0.1, 0.15) is 23.9 Å². The minimum atomic E-state index is -0.991. The number of methoxy groups -OCH3 is 1. The normalized spacial score (nSPS) is 26.8. The SMILES string of the molecule is COc1cccc2c1C(=O)c1c(O)c3c(c(O)c1C2=O)CC(C(=O)CO)C[C@@H]3OC1CC[C@H](O)[C@H](C)O1. The lowest BCUT2D eigenvalue weighted by Gasteiger charge is -2.38. The van der Waals surface area contributed by atoms with Crippen molar-refractivity contribution in [2.24, 2.45) is 5.92 Å². The van der Waals surface area contributed by atoms with Gasteiger partial charge in [-0.2, -0.15) is 0 Å². The maximum atomic E-state index is 13.6. The lowest BCUT2D eigenvalue weighted by molar-refractivity contribution is -0.239. The fourth-order valence-electron chi connectivity index (χ4n) is 5.60. The Labute approximate surface area is 212 Å². The number of ketones is 3. The van der Waals surface area contributed by atoms with Crippen LogP contribution in [0.5, 0.6) is 17.2 Å². The molecule has 0 saturated carbocycles. The Hall–Kier alpha value is -3.31. The molecule has 0 bridgehead atoms. The Morgan fingerprint density at radius 3 is 2.49 bits per heavy atom. The molecule has 3 aliphatic rings. The van der Waals surface area contributed by atoms with Crippen molar-refractivity contribution < 1.29 is 49.0 Å². The van der Waals surface area contributed by atoms with E-state index in [1.165, 1.54) is 19.2 Å². The summed E-state index contributed by atoms with van der Waals surface area (Å²) in [5.74, 6) is -3.46.